The minimum absolute atomic E-state index is 0. The van der Waals surface area contributed by atoms with Gasteiger partial charge in [-0.1, -0.05) is 37.1 Å². The van der Waals surface area contributed by atoms with Gasteiger partial charge in [0.1, 0.15) is 0 Å². The smallest absolute Gasteiger partial charge is 0.191 e. The van der Waals surface area contributed by atoms with Gasteiger partial charge in [0.15, 0.2) is 5.96 Å². The lowest BCUT2D eigenvalue weighted by molar-refractivity contribution is 0.0341. The summed E-state index contributed by atoms with van der Waals surface area (Å²) in [5, 5.41) is 6.90. The predicted molar refractivity (Wildman–Crippen MR) is 118 cm³/mol. The Balaban J connectivity index is 0.00000243. The summed E-state index contributed by atoms with van der Waals surface area (Å²) in [7, 11) is 1.84. The molecule has 26 heavy (non-hydrogen) atoms. The van der Waals surface area contributed by atoms with Crippen molar-refractivity contribution in [2.75, 3.05) is 39.9 Å². The van der Waals surface area contributed by atoms with Crippen LogP contribution in [0.2, 0.25) is 0 Å². The lowest BCUT2D eigenvalue weighted by atomic mass is 10.1. The predicted octanol–water partition coefficient (Wildman–Crippen LogP) is 2.99. The number of nitrogens with one attached hydrogen (secondary N) is 2. The molecule has 0 radical (unpaired) electrons. The molecule has 1 aliphatic carbocycles. The quantitative estimate of drug-likeness (QED) is 0.265. The van der Waals surface area contributed by atoms with E-state index >= 15 is 0 Å². The van der Waals surface area contributed by atoms with Gasteiger partial charge in [0, 0.05) is 39.8 Å². The average Bonchev–Trinajstić information content (AvgIpc) is 3.47. The van der Waals surface area contributed by atoms with Crippen LogP contribution in [0.25, 0.3) is 0 Å². The van der Waals surface area contributed by atoms with Gasteiger partial charge in [-0.25, -0.2) is 0 Å². The molecule has 2 fully saturated rings. The minimum atomic E-state index is 0. The van der Waals surface area contributed by atoms with E-state index in [4.69, 9.17) is 4.74 Å². The van der Waals surface area contributed by atoms with Gasteiger partial charge >= 0.3 is 0 Å². The molecular weight excluding hydrogens is 439 g/mol. The molecule has 1 heterocycles. The van der Waals surface area contributed by atoms with Crippen molar-refractivity contribution in [3.8, 4) is 0 Å². The van der Waals surface area contributed by atoms with Crippen LogP contribution in [0.3, 0.4) is 0 Å². The Labute approximate surface area is 175 Å². The molecule has 2 aliphatic rings. The molecule has 1 saturated heterocycles. The second-order valence-electron chi connectivity index (χ2n) is 7.10. The minimum Gasteiger partial charge on any atom is -0.379 e. The van der Waals surface area contributed by atoms with E-state index in [1.807, 2.05) is 7.05 Å². The van der Waals surface area contributed by atoms with Crippen molar-refractivity contribution in [2.24, 2.45) is 10.9 Å². The molecule has 146 valence electrons. The van der Waals surface area contributed by atoms with E-state index in [9.17, 15) is 0 Å². The van der Waals surface area contributed by atoms with Crippen LogP contribution in [0.5, 0.6) is 0 Å². The number of aliphatic imine (C=N–C) groups is 1. The zero-order valence-corrected chi connectivity index (χ0v) is 18.2. The van der Waals surface area contributed by atoms with Crippen LogP contribution in [-0.4, -0.2) is 50.8 Å². The number of nitrogens with zero attached hydrogens (tertiary/aromatic N) is 2. The standard InChI is InChI=1S/C20H32N4O.HI/c1-21-20(22-10-4-5-17-8-9-17)23-15-18-6-2-3-7-19(18)16-24-11-13-25-14-12-24;/h2-3,6-7,17H,4-5,8-16H2,1H3,(H2,21,22,23);1H. The van der Waals surface area contributed by atoms with Crippen LogP contribution in [-0.2, 0) is 17.8 Å². The van der Waals surface area contributed by atoms with E-state index in [-0.39, 0.29) is 24.0 Å². The normalized spacial score (nSPS) is 18.3. The fraction of sp³-hybridized carbons (Fsp3) is 0.650. The third-order valence-electron chi connectivity index (χ3n) is 5.06. The van der Waals surface area contributed by atoms with Crippen molar-refractivity contribution in [3.05, 3.63) is 35.4 Å². The number of rotatable bonds is 8. The van der Waals surface area contributed by atoms with E-state index in [1.165, 1.54) is 36.8 Å². The first-order valence-electron chi connectivity index (χ1n) is 9.66. The van der Waals surface area contributed by atoms with Gasteiger partial charge in [0.05, 0.1) is 13.2 Å². The van der Waals surface area contributed by atoms with Crippen molar-refractivity contribution in [3.63, 3.8) is 0 Å². The zero-order valence-electron chi connectivity index (χ0n) is 15.9. The highest BCUT2D eigenvalue weighted by Gasteiger charge is 2.20. The van der Waals surface area contributed by atoms with Gasteiger partial charge in [-0.05, 0) is 29.9 Å². The van der Waals surface area contributed by atoms with Crippen molar-refractivity contribution >= 4 is 29.9 Å². The van der Waals surface area contributed by atoms with Crippen LogP contribution >= 0.6 is 24.0 Å². The Morgan fingerprint density at radius 2 is 1.88 bits per heavy atom. The maximum atomic E-state index is 5.45. The van der Waals surface area contributed by atoms with Gasteiger partial charge in [-0.3, -0.25) is 9.89 Å². The lowest BCUT2D eigenvalue weighted by Crippen LogP contribution is -2.38. The topological polar surface area (TPSA) is 48.9 Å². The summed E-state index contributed by atoms with van der Waals surface area (Å²) in [4.78, 5) is 6.81. The van der Waals surface area contributed by atoms with Gasteiger partial charge in [-0.15, -0.1) is 24.0 Å². The first-order valence-corrected chi connectivity index (χ1v) is 9.66. The number of benzene rings is 1. The molecule has 2 N–H and O–H groups in total. The van der Waals surface area contributed by atoms with E-state index in [0.717, 1.165) is 57.8 Å². The van der Waals surface area contributed by atoms with Gasteiger partial charge < -0.3 is 15.4 Å². The molecule has 0 bridgehead atoms. The molecule has 0 amide bonds. The SMILES string of the molecule is CN=C(NCCCC1CC1)NCc1ccccc1CN1CCOCC1.I. The fourth-order valence-electron chi connectivity index (χ4n) is 3.29. The summed E-state index contributed by atoms with van der Waals surface area (Å²) in [6.07, 6.45) is 5.46. The summed E-state index contributed by atoms with van der Waals surface area (Å²) in [6, 6.07) is 8.69. The number of hydrogen-bond donors (Lipinski definition) is 2. The van der Waals surface area contributed by atoms with Crippen molar-refractivity contribution in [1.82, 2.24) is 15.5 Å². The molecule has 1 aliphatic heterocycles. The number of halogens is 1. The van der Waals surface area contributed by atoms with Crippen molar-refractivity contribution in [2.45, 2.75) is 38.8 Å². The second-order valence-corrected chi connectivity index (χ2v) is 7.10. The molecule has 0 unspecified atom stereocenters. The largest absolute Gasteiger partial charge is 0.379 e. The summed E-state index contributed by atoms with van der Waals surface area (Å²) in [5.41, 5.74) is 2.73. The maximum Gasteiger partial charge on any atom is 0.191 e. The van der Waals surface area contributed by atoms with E-state index in [0.29, 0.717) is 0 Å². The lowest BCUT2D eigenvalue weighted by Gasteiger charge is -2.27. The number of ether oxygens (including phenoxy) is 1. The molecule has 5 nitrogen and oxygen atoms in total. The van der Waals surface area contributed by atoms with Crippen LogP contribution in [0.4, 0.5) is 0 Å². The Hall–Kier alpha value is -0.860. The Morgan fingerprint density at radius 1 is 1.15 bits per heavy atom. The summed E-state index contributed by atoms with van der Waals surface area (Å²) >= 11 is 0. The van der Waals surface area contributed by atoms with Crippen LogP contribution < -0.4 is 10.6 Å². The monoisotopic (exact) mass is 472 g/mol. The van der Waals surface area contributed by atoms with Crippen LogP contribution in [0.1, 0.15) is 36.8 Å². The van der Waals surface area contributed by atoms with Gasteiger partial charge in [0.25, 0.3) is 0 Å². The molecule has 3 rings (SSSR count). The molecule has 0 atom stereocenters. The first-order chi connectivity index (χ1) is 12.3. The fourth-order valence-corrected chi connectivity index (χ4v) is 3.29. The molecule has 1 aromatic carbocycles. The van der Waals surface area contributed by atoms with E-state index in [2.05, 4.69) is 44.8 Å². The highest BCUT2D eigenvalue weighted by Crippen LogP contribution is 2.33. The summed E-state index contributed by atoms with van der Waals surface area (Å²) in [6.45, 7) is 6.54. The molecule has 0 aromatic heterocycles. The van der Waals surface area contributed by atoms with Crippen molar-refractivity contribution < 1.29 is 4.74 Å². The third kappa shape index (κ3) is 7.40. The first kappa shape index (κ1) is 21.4. The Kier molecular flexibility index (Phi) is 9.71. The summed E-state index contributed by atoms with van der Waals surface area (Å²) < 4.78 is 5.45. The number of guanidine groups is 1. The molecule has 1 saturated carbocycles. The zero-order chi connectivity index (χ0) is 17.3. The van der Waals surface area contributed by atoms with Crippen LogP contribution in [0, 0.1) is 5.92 Å². The molecule has 1 aromatic rings. The maximum absolute atomic E-state index is 5.45. The average molecular weight is 472 g/mol. The van der Waals surface area contributed by atoms with E-state index < -0.39 is 0 Å². The molecule has 0 spiro atoms. The van der Waals surface area contributed by atoms with Gasteiger partial charge in [0.2, 0.25) is 0 Å². The second kappa shape index (κ2) is 11.8. The van der Waals surface area contributed by atoms with E-state index in [1.54, 1.807) is 0 Å². The summed E-state index contributed by atoms with van der Waals surface area (Å²) in [5.74, 6) is 1.90. The highest BCUT2D eigenvalue weighted by molar-refractivity contribution is 14.0. The third-order valence-corrected chi connectivity index (χ3v) is 5.06. The molecule has 6 heteroatoms. The highest BCUT2D eigenvalue weighted by atomic mass is 127. The Bertz CT molecular complexity index is 556. The van der Waals surface area contributed by atoms with Crippen LogP contribution in [0.15, 0.2) is 29.3 Å². The van der Waals surface area contributed by atoms with Crippen molar-refractivity contribution in [1.29, 1.82) is 0 Å². The number of morpholine rings is 1. The Morgan fingerprint density at radius 3 is 2.58 bits per heavy atom. The number of hydrogen-bond acceptors (Lipinski definition) is 3. The molecular formula is C20H33IN4O. The van der Waals surface area contributed by atoms with Gasteiger partial charge in [-0.2, -0.15) is 0 Å².